The maximum absolute atomic E-state index is 12.7. The van der Waals surface area contributed by atoms with Gasteiger partial charge in [-0.05, 0) is 23.9 Å². The highest BCUT2D eigenvalue weighted by atomic mass is 35.5. The lowest BCUT2D eigenvalue weighted by atomic mass is 9.98. The van der Waals surface area contributed by atoms with Gasteiger partial charge in [0.05, 0.1) is 5.02 Å². The van der Waals surface area contributed by atoms with Gasteiger partial charge in [-0.1, -0.05) is 48.0 Å². The summed E-state index contributed by atoms with van der Waals surface area (Å²) in [6.45, 7) is 1.89. The molecule has 3 rings (SSSR count). The molecular weight excluding hydrogens is 270 g/mol. The molecule has 0 radical (unpaired) electrons. The SMILES string of the molecule is Cc1cccc(C(=O)c2cncc3ccccc23)c1Cl. The van der Waals surface area contributed by atoms with Crippen LogP contribution in [0.15, 0.2) is 54.9 Å². The molecule has 20 heavy (non-hydrogen) atoms. The molecule has 3 heteroatoms. The highest BCUT2D eigenvalue weighted by molar-refractivity contribution is 6.36. The van der Waals surface area contributed by atoms with Crippen LogP contribution in [0, 0.1) is 6.92 Å². The second kappa shape index (κ2) is 5.06. The van der Waals surface area contributed by atoms with E-state index in [1.54, 1.807) is 18.5 Å². The molecule has 0 bridgehead atoms. The van der Waals surface area contributed by atoms with Crippen LogP contribution < -0.4 is 0 Å². The van der Waals surface area contributed by atoms with Gasteiger partial charge in [-0.3, -0.25) is 9.78 Å². The van der Waals surface area contributed by atoms with Crippen molar-refractivity contribution in [3.05, 3.63) is 76.6 Å². The number of pyridine rings is 1. The first kappa shape index (κ1) is 12.8. The molecule has 0 aliphatic carbocycles. The van der Waals surface area contributed by atoms with Crippen molar-refractivity contribution in [2.45, 2.75) is 6.92 Å². The number of hydrogen-bond donors (Lipinski definition) is 0. The fraction of sp³-hybridized carbons (Fsp3) is 0.0588. The van der Waals surface area contributed by atoms with E-state index in [0.29, 0.717) is 16.1 Å². The molecule has 0 saturated heterocycles. The number of ketones is 1. The zero-order valence-corrected chi connectivity index (χ0v) is 11.7. The van der Waals surface area contributed by atoms with E-state index in [4.69, 9.17) is 11.6 Å². The fourth-order valence-corrected chi connectivity index (χ4v) is 2.48. The molecule has 0 saturated carbocycles. The third kappa shape index (κ3) is 2.08. The van der Waals surface area contributed by atoms with Crippen molar-refractivity contribution >= 4 is 28.2 Å². The van der Waals surface area contributed by atoms with Gasteiger partial charge in [0, 0.05) is 28.9 Å². The minimum Gasteiger partial charge on any atom is -0.288 e. The summed E-state index contributed by atoms with van der Waals surface area (Å²) in [7, 11) is 0. The van der Waals surface area contributed by atoms with Gasteiger partial charge in [0.25, 0.3) is 0 Å². The number of rotatable bonds is 2. The first-order valence-electron chi connectivity index (χ1n) is 6.31. The van der Waals surface area contributed by atoms with Gasteiger partial charge in [0.2, 0.25) is 0 Å². The van der Waals surface area contributed by atoms with E-state index in [2.05, 4.69) is 4.98 Å². The second-order valence-electron chi connectivity index (χ2n) is 4.67. The lowest BCUT2D eigenvalue weighted by molar-refractivity contribution is 0.104. The molecule has 0 N–H and O–H groups in total. The predicted octanol–water partition coefficient (Wildman–Crippen LogP) is 4.43. The number of fused-ring (bicyclic) bond motifs is 1. The van der Waals surface area contributed by atoms with E-state index >= 15 is 0 Å². The predicted molar refractivity (Wildman–Crippen MR) is 81.4 cm³/mol. The van der Waals surface area contributed by atoms with Gasteiger partial charge < -0.3 is 0 Å². The van der Waals surface area contributed by atoms with Gasteiger partial charge in [-0.15, -0.1) is 0 Å². The summed E-state index contributed by atoms with van der Waals surface area (Å²) in [4.78, 5) is 16.9. The molecular formula is C17H12ClNO. The van der Waals surface area contributed by atoms with E-state index in [1.807, 2.05) is 43.3 Å². The largest absolute Gasteiger partial charge is 0.288 e. The lowest BCUT2D eigenvalue weighted by Gasteiger charge is -2.08. The van der Waals surface area contributed by atoms with Gasteiger partial charge in [-0.2, -0.15) is 0 Å². The first-order valence-corrected chi connectivity index (χ1v) is 6.69. The molecule has 0 fully saturated rings. The number of benzene rings is 2. The quantitative estimate of drug-likeness (QED) is 0.651. The minimum absolute atomic E-state index is 0.0944. The van der Waals surface area contributed by atoms with Crippen LogP contribution >= 0.6 is 11.6 Å². The van der Waals surface area contributed by atoms with Crippen LogP contribution in [0.5, 0.6) is 0 Å². The number of hydrogen-bond acceptors (Lipinski definition) is 2. The van der Waals surface area contributed by atoms with Crippen molar-refractivity contribution in [3.63, 3.8) is 0 Å². The van der Waals surface area contributed by atoms with Crippen LogP contribution in [0.4, 0.5) is 0 Å². The zero-order valence-electron chi connectivity index (χ0n) is 10.9. The Morgan fingerprint density at radius 3 is 2.65 bits per heavy atom. The van der Waals surface area contributed by atoms with Crippen LogP contribution in [-0.2, 0) is 0 Å². The standard InChI is InChI=1S/C17H12ClNO/c1-11-5-4-8-14(16(11)18)17(20)15-10-19-9-12-6-2-3-7-13(12)15/h2-10H,1H3. The molecule has 0 aliphatic heterocycles. The highest BCUT2D eigenvalue weighted by Gasteiger charge is 2.16. The summed E-state index contributed by atoms with van der Waals surface area (Å²) in [5, 5.41) is 2.35. The number of aryl methyl sites for hydroxylation is 1. The number of aromatic nitrogens is 1. The van der Waals surface area contributed by atoms with Crippen molar-refractivity contribution in [2.24, 2.45) is 0 Å². The van der Waals surface area contributed by atoms with Crippen LogP contribution in [0.2, 0.25) is 5.02 Å². The van der Waals surface area contributed by atoms with Crippen LogP contribution in [0.1, 0.15) is 21.5 Å². The number of nitrogens with zero attached hydrogens (tertiary/aromatic N) is 1. The van der Waals surface area contributed by atoms with Gasteiger partial charge in [0.1, 0.15) is 0 Å². The van der Waals surface area contributed by atoms with Gasteiger partial charge >= 0.3 is 0 Å². The average molecular weight is 282 g/mol. The Hall–Kier alpha value is -2.19. The molecule has 0 spiro atoms. The summed E-state index contributed by atoms with van der Waals surface area (Å²) in [6.07, 6.45) is 3.35. The third-order valence-electron chi connectivity index (χ3n) is 3.35. The van der Waals surface area contributed by atoms with Gasteiger partial charge in [0.15, 0.2) is 5.78 Å². The Bertz CT molecular complexity index is 806. The molecule has 0 unspecified atom stereocenters. The molecule has 98 valence electrons. The normalized spacial score (nSPS) is 10.7. The van der Waals surface area contributed by atoms with Crippen molar-refractivity contribution in [1.29, 1.82) is 0 Å². The fourth-order valence-electron chi connectivity index (χ4n) is 2.27. The Morgan fingerprint density at radius 2 is 1.80 bits per heavy atom. The summed E-state index contributed by atoms with van der Waals surface area (Å²) >= 11 is 6.25. The first-order chi connectivity index (χ1) is 9.68. The van der Waals surface area contributed by atoms with E-state index in [0.717, 1.165) is 16.3 Å². The summed E-state index contributed by atoms with van der Waals surface area (Å²) < 4.78 is 0. The zero-order chi connectivity index (χ0) is 14.1. The smallest absolute Gasteiger partial charge is 0.196 e. The molecule has 0 atom stereocenters. The molecule has 1 heterocycles. The van der Waals surface area contributed by atoms with E-state index in [-0.39, 0.29) is 5.78 Å². The highest BCUT2D eigenvalue weighted by Crippen LogP contribution is 2.26. The van der Waals surface area contributed by atoms with Crippen molar-refractivity contribution in [1.82, 2.24) is 4.98 Å². The van der Waals surface area contributed by atoms with Crippen molar-refractivity contribution in [3.8, 4) is 0 Å². The minimum atomic E-state index is -0.0944. The number of carbonyl (C=O) groups excluding carboxylic acids is 1. The third-order valence-corrected chi connectivity index (χ3v) is 3.85. The summed E-state index contributed by atoms with van der Waals surface area (Å²) in [6, 6.07) is 13.2. The molecule has 2 aromatic carbocycles. The summed E-state index contributed by atoms with van der Waals surface area (Å²) in [5.74, 6) is -0.0944. The lowest BCUT2D eigenvalue weighted by Crippen LogP contribution is -2.04. The number of halogens is 1. The molecule has 3 aromatic rings. The molecule has 2 nitrogen and oxygen atoms in total. The van der Waals surface area contributed by atoms with E-state index in [1.165, 1.54) is 0 Å². The monoisotopic (exact) mass is 281 g/mol. The molecule has 0 amide bonds. The Balaban J connectivity index is 2.21. The van der Waals surface area contributed by atoms with E-state index in [9.17, 15) is 4.79 Å². The summed E-state index contributed by atoms with van der Waals surface area (Å²) in [5.41, 5.74) is 1.99. The second-order valence-corrected chi connectivity index (χ2v) is 5.05. The van der Waals surface area contributed by atoms with Crippen LogP contribution in [-0.4, -0.2) is 10.8 Å². The van der Waals surface area contributed by atoms with Crippen LogP contribution in [0.3, 0.4) is 0 Å². The van der Waals surface area contributed by atoms with Gasteiger partial charge in [-0.25, -0.2) is 0 Å². The van der Waals surface area contributed by atoms with Crippen molar-refractivity contribution in [2.75, 3.05) is 0 Å². The van der Waals surface area contributed by atoms with Crippen molar-refractivity contribution < 1.29 is 4.79 Å². The Morgan fingerprint density at radius 1 is 1.00 bits per heavy atom. The maximum Gasteiger partial charge on any atom is 0.196 e. The molecule has 0 aliphatic rings. The topological polar surface area (TPSA) is 30.0 Å². The number of carbonyl (C=O) groups is 1. The van der Waals surface area contributed by atoms with Crippen LogP contribution in [0.25, 0.3) is 10.8 Å². The van der Waals surface area contributed by atoms with E-state index < -0.39 is 0 Å². The maximum atomic E-state index is 12.7. The Labute approximate surface area is 122 Å². The Kier molecular flexibility index (Phi) is 3.25. The molecule has 1 aromatic heterocycles. The average Bonchev–Trinajstić information content (AvgIpc) is 2.49.